The lowest BCUT2D eigenvalue weighted by Gasteiger charge is -2.23. The molecular formula is C14H26N4. The lowest BCUT2D eigenvalue weighted by molar-refractivity contribution is 0.223. The van der Waals surface area contributed by atoms with Crippen LogP contribution < -0.4 is 0 Å². The lowest BCUT2D eigenvalue weighted by Crippen LogP contribution is -2.31. The first-order valence-corrected chi connectivity index (χ1v) is 7.13. The van der Waals surface area contributed by atoms with Crippen molar-refractivity contribution in [3.8, 4) is 0 Å². The minimum atomic E-state index is 0.838. The number of likely N-dealkylation sites (tertiary alicyclic amines) is 1. The average molecular weight is 250 g/mol. The van der Waals surface area contributed by atoms with E-state index in [9.17, 15) is 0 Å². The van der Waals surface area contributed by atoms with Gasteiger partial charge in [-0.05, 0) is 32.0 Å². The van der Waals surface area contributed by atoms with E-state index in [1.807, 2.05) is 12.4 Å². The van der Waals surface area contributed by atoms with Crippen LogP contribution in [0.1, 0.15) is 26.1 Å². The number of aromatic nitrogens is 2. The Kier molecular flexibility index (Phi) is 4.78. The molecule has 1 aromatic rings. The molecule has 2 heterocycles. The summed E-state index contributed by atoms with van der Waals surface area (Å²) in [4.78, 5) is 9.49. The Morgan fingerprint density at radius 2 is 2.28 bits per heavy atom. The van der Waals surface area contributed by atoms with Crippen LogP contribution in [0.3, 0.4) is 0 Å². The zero-order valence-corrected chi connectivity index (χ0v) is 12.0. The predicted molar refractivity (Wildman–Crippen MR) is 74.4 cm³/mol. The molecule has 4 heteroatoms. The number of hydrogen-bond donors (Lipinski definition) is 0. The van der Waals surface area contributed by atoms with Crippen molar-refractivity contribution in [3.05, 3.63) is 18.2 Å². The minimum absolute atomic E-state index is 0.838. The fourth-order valence-corrected chi connectivity index (χ4v) is 2.77. The molecule has 18 heavy (non-hydrogen) atoms. The van der Waals surface area contributed by atoms with Crippen LogP contribution in [0.25, 0.3) is 0 Å². The summed E-state index contributed by atoms with van der Waals surface area (Å²) in [6, 6.07) is 0. The van der Waals surface area contributed by atoms with Crippen LogP contribution in [0, 0.1) is 5.92 Å². The monoisotopic (exact) mass is 250 g/mol. The second kappa shape index (κ2) is 6.34. The highest BCUT2D eigenvalue weighted by Crippen LogP contribution is 2.17. The van der Waals surface area contributed by atoms with Gasteiger partial charge >= 0.3 is 0 Å². The maximum atomic E-state index is 4.42. The van der Waals surface area contributed by atoms with Gasteiger partial charge in [0.25, 0.3) is 0 Å². The molecule has 1 fully saturated rings. The van der Waals surface area contributed by atoms with Crippen molar-refractivity contribution in [2.45, 2.75) is 26.8 Å². The summed E-state index contributed by atoms with van der Waals surface area (Å²) in [5.41, 5.74) is 0. The summed E-state index contributed by atoms with van der Waals surface area (Å²) in [6.07, 6.45) is 5.26. The van der Waals surface area contributed by atoms with E-state index in [4.69, 9.17) is 0 Å². The third-order valence-corrected chi connectivity index (χ3v) is 4.07. The quantitative estimate of drug-likeness (QED) is 0.766. The van der Waals surface area contributed by atoms with Crippen LogP contribution in [0.5, 0.6) is 0 Å². The first-order valence-electron chi connectivity index (χ1n) is 7.13. The summed E-state index contributed by atoms with van der Waals surface area (Å²) in [5.74, 6) is 2.01. The van der Waals surface area contributed by atoms with Gasteiger partial charge in [-0.3, -0.25) is 4.90 Å². The van der Waals surface area contributed by atoms with Crippen LogP contribution in [-0.4, -0.2) is 52.1 Å². The molecule has 0 bridgehead atoms. The molecule has 4 nitrogen and oxygen atoms in total. The smallest absolute Gasteiger partial charge is 0.122 e. The fourth-order valence-electron chi connectivity index (χ4n) is 2.77. The Morgan fingerprint density at radius 3 is 2.83 bits per heavy atom. The topological polar surface area (TPSA) is 24.3 Å². The minimum Gasteiger partial charge on any atom is -0.337 e. The number of nitrogens with zero attached hydrogens (tertiary/aromatic N) is 4. The van der Waals surface area contributed by atoms with Crippen molar-refractivity contribution in [3.63, 3.8) is 0 Å². The zero-order valence-electron chi connectivity index (χ0n) is 12.0. The summed E-state index contributed by atoms with van der Waals surface area (Å²) in [5, 5.41) is 0. The molecule has 102 valence electrons. The van der Waals surface area contributed by atoms with Crippen LogP contribution in [0.15, 0.2) is 12.4 Å². The van der Waals surface area contributed by atoms with E-state index in [2.05, 4.69) is 40.2 Å². The molecular weight excluding hydrogens is 224 g/mol. The average Bonchev–Trinajstić information content (AvgIpc) is 2.98. The Hall–Kier alpha value is -0.870. The van der Waals surface area contributed by atoms with Gasteiger partial charge in [-0.15, -0.1) is 0 Å². The van der Waals surface area contributed by atoms with Crippen molar-refractivity contribution in [1.29, 1.82) is 0 Å². The highest BCUT2D eigenvalue weighted by Gasteiger charge is 2.23. The van der Waals surface area contributed by atoms with Gasteiger partial charge < -0.3 is 9.47 Å². The molecule has 1 aliphatic heterocycles. The number of imidazole rings is 1. The normalized spacial score (nSPS) is 21.0. The highest BCUT2D eigenvalue weighted by molar-refractivity contribution is 4.91. The van der Waals surface area contributed by atoms with Gasteiger partial charge in [0.2, 0.25) is 0 Å². The Bertz CT molecular complexity index is 360. The summed E-state index contributed by atoms with van der Waals surface area (Å²) in [7, 11) is 2.07. The summed E-state index contributed by atoms with van der Waals surface area (Å²) in [6.45, 7) is 11.5. The maximum absolute atomic E-state index is 4.42. The van der Waals surface area contributed by atoms with Crippen molar-refractivity contribution >= 4 is 0 Å². The first-order chi connectivity index (χ1) is 8.72. The molecule has 1 atom stereocenters. The van der Waals surface area contributed by atoms with Gasteiger partial charge in [-0.1, -0.05) is 13.8 Å². The zero-order chi connectivity index (χ0) is 13.0. The van der Waals surface area contributed by atoms with Crippen LogP contribution in [0.2, 0.25) is 0 Å². The Labute approximate surface area is 111 Å². The van der Waals surface area contributed by atoms with Crippen molar-refractivity contribution in [1.82, 2.24) is 19.4 Å². The Morgan fingerprint density at radius 1 is 1.44 bits per heavy atom. The molecule has 1 aromatic heterocycles. The molecule has 0 aliphatic carbocycles. The number of rotatable bonds is 6. The van der Waals surface area contributed by atoms with Gasteiger partial charge in [0.1, 0.15) is 5.82 Å². The summed E-state index contributed by atoms with van der Waals surface area (Å²) < 4.78 is 2.12. The molecule has 0 spiro atoms. The molecule has 0 radical (unpaired) electrons. The second-order valence-corrected chi connectivity index (χ2v) is 5.33. The van der Waals surface area contributed by atoms with E-state index in [1.165, 1.54) is 38.4 Å². The van der Waals surface area contributed by atoms with E-state index < -0.39 is 0 Å². The number of hydrogen-bond acceptors (Lipinski definition) is 3. The van der Waals surface area contributed by atoms with Gasteiger partial charge in [-0.2, -0.15) is 0 Å². The van der Waals surface area contributed by atoms with Crippen LogP contribution >= 0.6 is 0 Å². The molecule has 0 unspecified atom stereocenters. The van der Waals surface area contributed by atoms with Gasteiger partial charge in [0.05, 0.1) is 6.54 Å². The van der Waals surface area contributed by atoms with E-state index in [-0.39, 0.29) is 0 Å². The first kappa shape index (κ1) is 13.6. The number of aryl methyl sites for hydroxylation is 1. The molecule has 1 saturated heterocycles. The van der Waals surface area contributed by atoms with Crippen molar-refractivity contribution in [2.75, 3.05) is 32.7 Å². The van der Waals surface area contributed by atoms with E-state index in [0.29, 0.717) is 0 Å². The van der Waals surface area contributed by atoms with Gasteiger partial charge in [-0.25, -0.2) is 4.98 Å². The molecule has 2 rings (SSSR count). The third-order valence-electron chi connectivity index (χ3n) is 4.07. The molecule has 0 saturated carbocycles. The third kappa shape index (κ3) is 3.33. The van der Waals surface area contributed by atoms with Crippen LogP contribution in [0.4, 0.5) is 0 Å². The van der Waals surface area contributed by atoms with E-state index >= 15 is 0 Å². The van der Waals surface area contributed by atoms with Crippen LogP contribution in [-0.2, 0) is 13.6 Å². The van der Waals surface area contributed by atoms with E-state index in [0.717, 1.165) is 19.0 Å². The van der Waals surface area contributed by atoms with Crippen molar-refractivity contribution in [2.24, 2.45) is 13.0 Å². The standard InChI is InChI=1S/C14H26N4/c1-4-17-8-6-13(10-17)11-18(5-2)12-14-15-7-9-16(14)3/h7,9,13H,4-6,8,10-12H2,1-3H3/t13-/m0/s1. The molecule has 0 N–H and O–H groups in total. The largest absolute Gasteiger partial charge is 0.337 e. The van der Waals surface area contributed by atoms with Gasteiger partial charge in [0, 0.05) is 32.5 Å². The molecule has 0 amide bonds. The second-order valence-electron chi connectivity index (χ2n) is 5.33. The predicted octanol–water partition coefficient (Wildman–Crippen LogP) is 1.58. The van der Waals surface area contributed by atoms with E-state index in [1.54, 1.807) is 0 Å². The SMILES string of the molecule is CCN1CC[C@H](CN(CC)Cc2nccn2C)C1. The van der Waals surface area contributed by atoms with Gasteiger partial charge in [0.15, 0.2) is 0 Å². The maximum Gasteiger partial charge on any atom is 0.122 e. The highest BCUT2D eigenvalue weighted by atomic mass is 15.2. The fraction of sp³-hybridized carbons (Fsp3) is 0.786. The Balaban J connectivity index is 1.84. The summed E-state index contributed by atoms with van der Waals surface area (Å²) >= 11 is 0. The molecule has 1 aliphatic rings. The molecule has 0 aromatic carbocycles. The lowest BCUT2D eigenvalue weighted by atomic mass is 10.1. The van der Waals surface area contributed by atoms with Crippen molar-refractivity contribution < 1.29 is 0 Å².